The van der Waals surface area contributed by atoms with Crippen LogP contribution < -0.4 is 5.32 Å². The van der Waals surface area contributed by atoms with E-state index in [1.54, 1.807) is 17.9 Å². The second-order valence-corrected chi connectivity index (χ2v) is 7.22. The standard InChI is InChI=1S/C22H27ClN2O2/c1-4-11-24-22(27)17(3)25(15-19-9-6-10-20(23)13-19)21(26)14-18-8-5-7-16(2)12-18/h5-10,12-13,17H,4,11,14-15H2,1-3H3,(H,24,27)/t17-/m1/s1. The van der Waals surface area contributed by atoms with Crippen LogP contribution in [0.1, 0.15) is 37.0 Å². The Balaban J connectivity index is 2.21. The normalized spacial score (nSPS) is 11.7. The fraction of sp³-hybridized carbons (Fsp3) is 0.364. The zero-order valence-electron chi connectivity index (χ0n) is 16.2. The summed E-state index contributed by atoms with van der Waals surface area (Å²) in [5, 5.41) is 3.49. The number of nitrogens with one attached hydrogen (secondary N) is 1. The van der Waals surface area contributed by atoms with Crippen LogP contribution in [0.25, 0.3) is 0 Å². The number of halogens is 1. The van der Waals surface area contributed by atoms with Gasteiger partial charge in [-0.1, -0.05) is 60.5 Å². The van der Waals surface area contributed by atoms with Gasteiger partial charge in [0.1, 0.15) is 6.04 Å². The third-order valence-corrected chi connectivity index (χ3v) is 4.63. The van der Waals surface area contributed by atoms with Gasteiger partial charge in [-0.05, 0) is 43.5 Å². The molecule has 2 aromatic carbocycles. The van der Waals surface area contributed by atoms with Crippen molar-refractivity contribution in [2.75, 3.05) is 6.54 Å². The largest absolute Gasteiger partial charge is 0.354 e. The van der Waals surface area contributed by atoms with Crippen molar-refractivity contribution in [3.05, 3.63) is 70.2 Å². The van der Waals surface area contributed by atoms with Crippen LogP contribution in [-0.2, 0) is 22.6 Å². The first-order valence-corrected chi connectivity index (χ1v) is 9.65. The fourth-order valence-corrected chi connectivity index (χ4v) is 3.12. The summed E-state index contributed by atoms with van der Waals surface area (Å²) >= 11 is 6.08. The van der Waals surface area contributed by atoms with E-state index in [0.29, 0.717) is 18.1 Å². The molecule has 0 aromatic heterocycles. The van der Waals surface area contributed by atoms with Crippen molar-refractivity contribution >= 4 is 23.4 Å². The van der Waals surface area contributed by atoms with Crippen molar-refractivity contribution in [3.8, 4) is 0 Å². The van der Waals surface area contributed by atoms with Crippen LogP contribution in [0.5, 0.6) is 0 Å². The van der Waals surface area contributed by atoms with Crippen molar-refractivity contribution in [2.24, 2.45) is 0 Å². The Morgan fingerprint density at radius 1 is 1.11 bits per heavy atom. The highest BCUT2D eigenvalue weighted by Gasteiger charge is 2.26. The lowest BCUT2D eigenvalue weighted by Gasteiger charge is -2.29. The second kappa shape index (κ2) is 10.1. The number of carbonyl (C=O) groups is 2. The van der Waals surface area contributed by atoms with E-state index < -0.39 is 6.04 Å². The van der Waals surface area contributed by atoms with Crippen molar-refractivity contribution in [3.63, 3.8) is 0 Å². The molecule has 0 radical (unpaired) electrons. The molecule has 1 atom stereocenters. The molecule has 0 aliphatic rings. The number of hydrogen-bond acceptors (Lipinski definition) is 2. The highest BCUT2D eigenvalue weighted by molar-refractivity contribution is 6.30. The molecule has 144 valence electrons. The lowest BCUT2D eigenvalue weighted by atomic mass is 10.1. The van der Waals surface area contributed by atoms with Crippen molar-refractivity contribution < 1.29 is 9.59 Å². The summed E-state index contributed by atoms with van der Waals surface area (Å²) in [7, 11) is 0. The molecule has 0 unspecified atom stereocenters. The van der Waals surface area contributed by atoms with E-state index in [1.807, 2.05) is 56.3 Å². The first-order valence-electron chi connectivity index (χ1n) is 9.28. The number of carbonyl (C=O) groups excluding carboxylic acids is 2. The maximum Gasteiger partial charge on any atom is 0.242 e. The molecule has 4 nitrogen and oxygen atoms in total. The molecule has 0 fully saturated rings. The molecule has 2 aromatic rings. The quantitative estimate of drug-likeness (QED) is 0.741. The predicted octanol–water partition coefficient (Wildman–Crippen LogP) is 4.13. The van der Waals surface area contributed by atoms with Gasteiger partial charge in [0, 0.05) is 18.1 Å². The zero-order chi connectivity index (χ0) is 19.8. The Labute approximate surface area is 166 Å². The first-order chi connectivity index (χ1) is 12.9. The van der Waals surface area contributed by atoms with Gasteiger partial charge in [-0.15, -0.1) is 0 Å². The van der Waals surface area contributed by atoms with Gasteiger partial charge in [-0.25, -0.2) is 0 Å². The van der Waals surface area contributed by atoms with Gasteiger partial charge in [0.25, 0.3) is 0 Å². The molecule has 0 spiro atoms. The van der Waals surface area contributed by atoms with Gasteiger partial charge < -0.3 is 10.2 Å². The van der Waals surface area contributed by atoms with E-state index in [1.165, 1.54) is 0 Å². The average Bonchev–Trinajstić information content (AvgIpc) is 2.63. The molecule has 5 heteroatoms. The minimum Gasteiger partial charge on any atom is -0.354 e. The summed E-state index contributed by atoms with van der Waals surface area (Å²) in [6, 6.07) is 14.7. The lowest BCUT2D eigenvalue weighted by Crippen LogP contribution is -2.48. The highest BCUT2D eigenvalue weighted by atomic mass is 35.5. The topological polar surface area (TPSA) is 49.4 Å². The van der Waals surface area contributed by atoms with E-state index in [9.17, 15) is 9.59 Å². The van der Waals surface area contributed by atoms with Gasteiger partial charge >= 0.3 is 0 Å². The molecular formula is C22H27ClN2O2. The minimum absolute atomic E-state index is 0.0836. The van der Waals surface area contributed by atoms with Gasteiger partial charge in [0.15, 0.2) is 0 Å². The summed E-state index contributed by atoms with van der Waals surface area (Å²) < 4.78 is 0. The molecular weight excluding hydrogens is 360 g/mol. The molecule has 0 aliphatic carbocycles. The smallest absolute Gasteiger partial charge is 0.242 e. The number of hydrogen-bond donors (Lipinski definition) is 1. The number of amides is 2. The summed E-state index contributed by atoms with van der Waals surface area (Å²) in [5.41, 5.74) is 2.95. The first kappa shape index (κ1) is 21.0. The molecule has 0 saturated heterocycles. The van der Waals surface area contributed by atoms with Crippen LogP contribution in [0, 0.1) is 6.92 Å². The Kier molecular flexibility index (Phi) is 7.86. The van der Waals surface area contributed by atoms with Crippen LogP contribution in [0.3, 0.4) is 0 Å². The summed E-state index contributed by atoms with van der Waals surface area (Å²) in [5.74, 6) is -0.226. The monoisotopic (exact) mass is 386 g/mol. The van der Waals surface area contributed by atoms with Crippen LogP contribution in [0.4, 0.5) is 0 Å². The van der Waals surface area contributed by atoms with Gasteiger partial charge in [0.05, 0.1) is 6.42 Å². The molecule has 0 aliphatic heterocycles. The summed E-state index contributed by atoms with van der Waals surface area (Å²) in [6.45, 7) is 6.70. The van der Waals surface area contributed by atoms with E-state index in [4.69, 9.17) is 11.6 Å². The molecule has 1 N–H and O–H groups in total. The molecule has 0 saturated carbocycles. The average molecular weight is 387 g/mol. The van der Waals surface area contributed by atoms with Gasteiger partial charge in [-0.3, -0.25) is 9.59 Å². The number of rotatable bonds is 8. The predicted molar refractivity (Wildman–Crippen MR) is 110 cm³/mol. The molecule has 0 bridgehead atoms. The SMILES string of the molecule is CCCNC(=O)[C@@H](C)N(Cc1cccc(Cl)c1)C(=O)Cc1cccc(C)c1. The van der Waals surface area contributed by atoms with E-state index in [-0.39, 0.29) is 18.2 Å². The molecule has 27 heavy (non-hydrogen) atoms. The van der Waals surface area contributed by atoms with Crippen LogP contribution >= 0.6 is 11.6 Å². The summed E-state index contributed by atoms with van der Waals surface area (Å²) in [4.78, 5) is 27.2. The third-order valence-electron chi connectivity index (χ3n) is 4.40. The molecule has 2 amide bonds. The van der Waals surface area contributed by atoms with Crippen LogP contribution in [-0.4, -0.2) is 29.3 Å². The lowest BCUT2D eigenvalue weighted by molar-refractivity contribution is -0.140. The summed E-state index contributed by atoms with van der Waals surface area (Å²) in [6.07, 6.45) is 1.11. The number of benzene rings is 2. The number of aryl methyl sites for hydroxylation is 1. The highest BCUT2D eigenvalue weighted by Crippen LogP contribution is 2.16. The maximum atomic E-state index is 13.0. The van der Waals surface area contributed by atoms with E-state index in [0.717, 1.165) is 23.1 Å². The van der Waals surface area contributed by atoms with Crippen molar-refractivity contribution in [2.45, 2.75) is 46.2 Å². The van der Waals surface area contributed by atoms with Crippen LogP contribution in [0.2, 0.25) is 5.02 Å². The maximum absolute atomic E-state index is 13.0. The Morgan fingerprint density at radius 2 is 1.81 bits per heavy atom. The van der Waals surface area contributed by atoms with Crippen LogP contribution in [0.15, 0.2) is 48.5 Å². The number of nitrogens with zero attached hydrogens (tertiary/aromatic N) is 1. The zero-order valence-corrected chi connectivity index (χ0v) is 16.9. The molecule has 0 heterocycles. The second-order valence-electron chi connectivity index (χ2n) is 6.78. The van der Waals surface area contributed by atoms with Crippen molar-refractivity contribution in [1.82, 2.24) is 10.2 Å². The van der Waals surface area contributed by atoms with Gasteiger partial charge in [0.2, 0.25) is 11.8 Å². The van der Waals surface area contributed by atoms with E-state index in [2.05, 4.69) is 5.32 Å². The van der Waals surface area contributed by atoms with Gasteiger partial charge in [-0.2, -0.15) is 0 Å². The fourth-order valence-electron chi connectivity index (χ4n) is 2.91. The molecule has 2 rings (SSSR count). The Bertz CT molecular complexity index is 791. The Morgan fingerprint density at radius 3 is 2.48 bits per heavy atom. The minimum atomic E-state index is -0.562. The van der Waals surface area contributed by atoms with E-state index >= 15 is 0 Å². The third kappa shape index (κ3) is 6.40. The Hall–Kier alpha value is -2.33. The van der Waals surface area contributed by atoms with Crippen molar-refractivity contribution in [1.29, 1.82) is 0 Å².